The number of rotatable bonds is 22. The molecule has 0 aliphatic heterocycles. The van der Waals surface area contributed by atoms with Crippen LogP contribution in [-0.2, 0) is 47.5 Å². The van der Waals surface area contributed by atoms with E-state index >= 15 is 0 Å². The molecule has 0 aromatic carbocycles. The van der Waals surface area contributed by atoms with Crippen molar-refractivity contribution in [2.24, 2.45) is 0 Å². The first-order valence-electron chi connectivity index (χ1n) is 12.0. The fourth-order valence-electron chi connectivity index (χ4n) is 1.95. The molecule has 0 bridgehead atoms. The predicted molar refractivity (Wildman–Crippen MR) is 137 cm³/mol. The summed E-state index contributed by atoms with van der Waals surface area (Å²) in [5.41, 5.74) is 1.14. The summed E-state index contributed by atoms with van der Waals surface area (Å²) in [6.45, 7) is 19.3. The van der Waals surface area contributed by atoms with Crippen molar-refractivity contribution in [2.45, 2.75) is 33.6 Å². The Morgan fingerprint density at radius 3 is 1.05 bits per heavy atom. The molecule has 0 aliphatic rings. The molecule has 11 heteroatoms. The molecule has 0 heterocycles. The van der Waals surface area contributed by atoms with Crippen LogP contribution in [0, 0.1) is 0 Å². The zero-order valence-electron chi connectivity index (χ0n) is 22.6. The lowest BCUT2D eigenvalue weighted by molar-refractivity contribution is -0.141. The van der Waals surface area contributed by atoms with Gasteiger partial charge >= 0.3 is 17.9 Å². The molecular formula is C26H44O11. The zero-order valence-corrected chi connectivity index (χ0v) is 22.6. The van der Waals surface area contributed by atoms with Crippen molar-refractivity contribution in [1.82, 2.24) is 0 Å². The van der Waals surface area contributed by atoms with Gasteiger partial charge in [-0.3, -0.25) is 0 Å². The first kappa shape index (κ1) is 36.6. The summed E-state index contributed by atoms with van der Waals surface area (Å²) in [5, 5.41) is 8.39. The number of esters is 3. The van der Waals surface area contributed by atoms with Gasteiger partial charge < -0.3 is 38.3 Å². The van der Waals surface area contributed by atoms with E-state index in [2.05, 4.69) is 19.7 Å². The number of hydrogen-bond donors (Lipinski definition) is 1. The third-order valence-corrected chi connectivity index (χ3v) is 3.86. The number of unbranched alkanes of at least 4 members (excludes halogenated alkanes) is 1. The number of carbonyl (C=O) groups excluding carboxylic acids is 3. The van der Waals surface area contributed by atoms with Crippen LogP contribution in [0.4, 0.5) is 0 Å². The van der Waals surface area contributed by atoms with Crippen LogP contribution in [0.25, 0.3) is 0 Å². The molecule has 0 aliphatic carbocycles. The van der Waals surface area contributed by atoms with Crippen LogP contribution < -0.4 is 0 Å². The van der Waals surface area contributed by atoms with E-state index in [1.54, 1.807) is 20.8 Å². The van der Waals surface area contributed by atoms with Crippen molar-refractivity contribution < 1.29 is 52.6 Å². The summed E-state index contributed by atoms with van der Waals surface area (Å²) in [6, 6.07) is 0. The van der Waals surface area contributed by atoms with E-state index in [0.29, 0.717) is 69.6 Å². The Balaban J connectivity index is 0. The Morgan fingerprint density at radius 1 is 0.486 bits per heavy atom. The molecular weight excluding hydrogens is 488 g/mol. The summed E-state index contributed by atoms with van der Waals surface area (Å²) >= 11 is 0. The molecule has 37 heavy (non-hydrogen) atoms. The van der Waals surface area contributed by atoms with Crippen LogP contribution in [0.1, 0.15) is 33.6 Å². The molecule has 0 saturated carbocycles. The van der Waals surface area contributed by atoms with Crippen LogP contribution in [0.3, 0.4) is 0 Å². The van der Waals surface area contributed by atoms with Crippen molar-refractivity contribution in [3.05, 3.63) is 36.5 Å². The quantitative estimate of drug-likeness (QED) is 0.0951. The lowest BCUT2D eigenvalue weighted by Gasteiger charge is -2.07. The van der Waals surface area contributed by atoms with Crippen LogP contribution in [0.15, 0.2) is 36.5 Å². The van der Waals surface area contributed by atoms with Gasteiger partial charge in [0, 0.05) is 29.9 Å². The molecule has 0 rings (SSSR count). The fourth-order valence-corrected chi connectivity index (χ4v) is 1.95. The summed E-state index contributed by atoms with van der Waals surface area (Å²) < 4.78 is 35.2. The smallest absolute Gasteiger partial charge is 0.333 e. The molecule has 0 fully saturated rings. The molecule has 0 atom stereocenters. The maximum atomic E-state index is 11.1. The van der Waals surface area contributed by atoms with Crippen molar-refractivity contribution in [3.8, 4) is 0 Å². The monoisotopic (exact) mass is 532 g/mol. The Kier molecular flexibility index (Phi) is 26.2. The third-order valence-electron chi connectivity index (χ3n) is 3.86. The second kappa shape index (κ2) is 26.5. The van der Waals surface area contributed by atoms with E-state index in [1.165, 1.54) is 0 Å². The number of aliphatic hydroxyl groups is 1. The molecule has 1 N–H and O–H groups in total. The first-order chi connectivity index (χ1) is 17.6. The van der Waals surface area contributed by atoms with E-state index in [9.17, 15) is 14.4 Å². The fraction of sp³-hybridized carbons (Fsp3) is 0.654. The summed E-state index contributed by atoms with van der Waals surface area (Å²) in [7, 11) is 0. The normalized spacial score (nSPS) is 10.1. The van der Waals surface area contributed by atoms with Crippen LogP contribution in [0.5, 0.6) is 0 Å². The molecule has 0 aromatic rings. The van der Waals surface area contributed by atoms with Crippen LogP contribution >= 0.6 is 0 Å². The van der Waals surface area contributed by atoms with E-state index in [-0.39, 0.29) is 26.4 Å². The third kappa shape index (κ3) is 27.9. The van der Waals surface area contributed by atoms with Gasteiger partial charge in [0.15, 0.2) is 0 Å². The van der Waals surface area contributed by atoms with Gasteiger partial charge in [-0.15, -0.1) is 0 Å². The zero-order chi connectivity index (χ0) is 28.3. The molecule has 0 radical (unpaired) electrons. The van der Waals surface area contributed by atoms with Gasteiger partial charge in [-0.05, 0) is 33.6 Å². The SMILES string of the molecule is C=C(C)C(=O)OCCOCCCCOCCOC(=O)C(=C)C.C=C(C)C(=O)OCCOCCOCCO. The lowest BCUT2D eigenvalue weighted by atomic mass is 10.3. The number of aliphatic hydroxyl groups excluding tert-OH is 1. The van der Waals surface area contributed by atoms with Crippen LogP contribution in [0.2, 0.25) is 0 Å². The average molecular weight is 533 g/mol. The van der Waals surface area contributed by atoms with Crippen molar-refractivity contribution in [1.29, 1.82) is 0 Å². The average Bonchev–Trinajstić information content (AvgIpc) is 2.85. The summed E-state index contributed by atoms with van der Waals surface area (Å²) in [5.74, 6) is -1.20. The molecule has 11 nitrogen and oxygen atoms in total. The Labute approximate surface area is 220 Å². The minimum absolute atomic E-state index is 0.0101. The Morgan fingerprint density at radius 2 is 0.757 bits per heavy atom. The second-order valence-corrected chi connectivity index (χ2v) is 7.63. The van der Waals surface area contributed by atoms with Gasteiger partial charge in [-0.1, -0.05) is 19.7 Å². The highest BCUT2D eigenvalue weighted by Gasteiger charge is 2.03. The minimum atomic E-state index is -0.407. The van der Waals surface area contributed by atoms with Gasteiger partial charge in [0.05, 0.1) is 46.2 Å². The minimum Gasteiger partial charge on any atom is -0.460 e. The van der Waals surface area contributed by atoms with Crippen molar-refractivity contribution in [2.75, 3.05) is 79.3 Å². The highest BCUT2D eigenvalue weighted by atomic mass is 16.6. The highest BCUT2D eigenvalue weighted by molar-refractivity contribution is 5.87. The topological polar surface area (TPSA) is 136 Å². The number of ether oxygens (including phenoxy) is 7. The summed E-state index contributed by atoms with van der Waals surface area (Å²) in [6.07, 6.45) is 1.69. The van der Waals surface area contributed by atoms with Gasteiger partial charge in [0.25, 0.3) is 0 Å². The molecule has 214 valence electrons. The van der Waals surface area contributed by atoms with Gasteiger partial charge in [0.1, 0.15) is 19.8 Å². The molecule has 0 saturated heterocycles. The lowest BCUT2D eigenvalue weighted by Crippen LogP contribution is -2.13. The number of carbonyl (C=O) groups is 3. The van der Waals surface area contributed by atoms with E-state index in [0.717, 1.165) is 12.8 Å². The van der Waals surface area contributed by atoms with Crippen molar-refractivity contribution in [3.63, 3.8) is 0 Å². The number of hydrogen-bond acceptors (Lipinski definition) is 11. The standard InChI is InChI=1S/C16H26O6.C10H18O5/c1-13(2)15(17)21-11-9-19-7-5-6-8-20-10-12-22-16(18)14(3)4;1-9(2)10(12)15-8-7-14-6-5-13-4-3-11/h1,3,5-12H2,2,4H3;11H,1,3-8H2,2H3. The second-order valence-electron chi connectivity index (χ2n) is 7.63. The Hall–Kier alpha value is -2.57. The molecule has 0 amide bonds. The molecule has 0 spiro atoms. The van der Waals surface area contributed by atoms with E-state index in [4.69, 9.17) is 38.3 Å². The maximum Gasteiger partial charge on any atom is 0.333 e. The predicted octanol–water partition coefficient (Wildman–Crippen LogP) is 2.17. The largest absolute Gasteiger partial charge is 0.460 e. The first-order valence-corrected chi connectivity index (χ1v) is 12.0. The van der Waals surface area contributed by atoms with E-state index < -0.39 is 17.9 Å². The summed E-state index contributed by atoms with van der Waals surface area (Å²) in [4.78, 5) is 33.0. The van der Waals surface area contributed by atoms with Gasteiger partial charge in [-0.25, -0.2) is 14.4 Å². The van der Waals surface area contributed by atoms with Crippen molar-refractivity contribution >= 4 is 17.9 Å². The van der Waals surface area contributed by atoms with Gasteiger partial charge in [-0.2, -0.15) is 0 Å². The van der Waals surface area contributed by atoms with Gasteiger partial charge in [0.2, 0.25) is 0 Å². The molecule has 0 aromatic heterocycles. The van der Waals surface area contributed by atoms with Crippen LogP contribution in [-0.4, -0.2) is 102 Å². The highest BCUT2D eigenvalue weighted by Crippen LogP contribution is 1.96. The van der Waals surface area contributed by atoms with E-state index in [1.807, 2.05) is 0 Å². The Bertz CT molecular complexity index is 637. The molecule has 0 unspecified atom stereocenters. The maximum absolute atomic E-state index is 11.1.